The number of anilines is 1. The third-order valence-corrected chi connectivity index (χ3v) is 5.26. The molecule has 0 spiro atoms. The summed E-state index contributed by atoms with van der Waals surface area (Å²) in [6.45, 7) is 5.57. The van der Waals surface area contributed by atoms with E-state index in [1.807, 2.05) is 45.0 Å². The van der Waals surface area contributed by atoms with Gasteiger partial charge in [0.2, 0.25) is 0 Å². The number of aromatic hydroxyl groups is 1. The number of halogens is 1. The molecule has 0 aliphatic carbocycles. The van der Waals surface area contributed by atoms with Crippen molar-refractivity contribution in [2.24, 2.45) is 0 Å². The first-order valence-corrected chi connectivity index (χ1v) is 9.45. The maximum Gasteiger partial charge on any atom is 0.332 e. The minimum atomic E-state index is -0.464. The van der Waals surface area contributed by atoms with Crippen LogP contribution >= 0.6 is 35.8 Å². The zero-order valence-corrected chi connectivity index (χ0v) is 16.9. The first-order valence-electron chi connectivity index (χ1n) is 7.85. The highest BCUT2D eigenvalue weighted by Gasteiger charge is 2.23. The fourth-order valence-corrected chi connectivity index (χ4v) is 3.72. The number of para-hydroxylation sites is 1. The minimum Gasteiger partial charge on any atom is -0.504 e. The van der Waals surface area contributed by atoms with Crippen molar-refractivity contribution in [3.8, 4) is 16.3 Å². The Morgan fingerprint density at radius 3 is 2.65 bits per heavy atom. The van der Waals surface area contributed by atoms with Crippen molar-refractivity contribution < 1.29 is 9.90 Å². The summed E-state index contributed by atoms with van der Waals surface area (Å²) in [5.41, 5.74) is 1.33. The van der Waals surface area contributed by atoms with E-state index in [0.29, 0.717) is 5.56 Å². The number of thiol groups is 1. The van der Waals surface area contributed by atoms with Gasteiger partial charge in [0.15, 0.2) is 5.75 Å². The molecule has 0 atom stereocenters. The van der Waals surface area contributed by atoms with E-state index in [1.54, 1.807) is 12.1 Å². The van der Waals surface area contributed by atoms with Gasteiger partial charge in [-0.05, 0) is 45.0 Å². The number of phenols is 1. The van der Waals surface area contributed by atoms with Crippen LogP contribution in [-0.2, 0) is 0 Å². The molecule has 0 fully saturated rings. The number of carbonyl (C=O) groups excluding carboxylic acids is 1. The Kier molecular flexibility index (Phi) is 5.05. The molecule has 0 bridgehead atoms. The number of nitrogens with one attached hydrogen (secondary N) is 1. The second kappa shape index (κ2) is 6.98. The Hall–Kier alpha value is -1.96. The Labute approximate surface area is 166 Å². The lowest BCUT2D eigenvalue weighted by atomic mass is 10.1. The van der Waals surface area contributed by atoms with Crippen LogP contribution in [0.2, 0.25) is 5.02 Å². The molecule has 26 heavy (non-hydrogen) atoms. The molecular formula is C18H18ClN3O2S2. The molecule has 0 radical (unpaired) electrons. The lowest BCUT2D eigenvalue weighted by Crippen LogP contribution is -2.45. The summed E-state index contributed by atoms with van der Waals surface area (Å²) in [5, 5.41) is 14.0. The molecule has 1 aromatic heterocycles. The molecule has 0 saturated heterocycles. The number of carbonyl (C=O) groups is 1. The quantitative estimate of drug-likeness (QED) is 0.492. The second-order valence-electron chi connectivity index (χ2n) is 6.80. The lowest BCUT2D eigenvalue weighted by molar-refractivity contribution is 0.241. The van der Waals surface area contributed by atoms with E-state index in [9.17, 15) is 9.90 Å². The molecule has 2 amide bonds. The van der Waals surface area contributed by atoms with Crippen molar-refractivity contribution in [1.82, 2.24) is 10.3 Å². The Bertz CT molecular complexity index is 949. The predicted octanol–water partition coefficient (Wildman–Crippen LogP) is 5.48. The largest absolute Gasteiger partial charge is 0.504 e. The number of nitrogens with zero attached hydrogens (tertiary/aromatic N) is 2. The van der Waals surface area contributed by atoms with Gasteiger partial charge in [0, 0.05) is 11.1 Å². The van der Waals surface area contributed by atoms with E-state index in [-0.39, 0.29) is 16.5 Å². The van der Waals surface area contributed by atoms with Crippen molar-refractivity contribution >= 4 is 57.7 Å². The summed E-state index contributed by atoms with van der Waals surface area (Å²) in [4.78, 5) is 17.0. The summed E-state index contributed by atoms with van der Waals surface area (Å²) >= 11 is 11.9. The summed E-state index contributed by atoms with van der Waals surface area (Å²) in [5.74, 6) is -0.212. The van der Waals surface area contributed by atoms with Crippen LogP contribution in [-0.4, -0.2) is 21.7 Å². The topological polar surface area (TPSA) is 65.5 Å². The Morgan fingerprint density at radius 1 is 1.31 bits per heavy atom. The van der Waals surface area contributed by atoms with Gasteiger partial charge in [0.1, 0.15) is 10.7 Å². The van der Waals surface area contributed by atoms with Gasteiger partial charge in [-0.3, -0.25) is 0 Å². The molecule has 1 heterocycles. The fourth-order valence-electron chi connectivity index (χ4n) is 2.35. The Morgan fingerprint density at radius 2 is 2.00 bits per heavy atom. The number of phenolic OH excluding ortho intramolecular Hbond substituents is 1. The second-order valence-corrected chi connectivity index (χ2v) is 8.64. The molecule has 136 valence electrons. The SMILES string of the molecule is CC(C)(C)NC(=O)N(S)c1cc(-c2nc3ccccc3s2)cc(Cl)c1O. The summed E-state index contributed by atoms with van der Waals surface area (Å²) in [6, 6.07) is 10.6. The summed E-state index contributed by atoms with van der Waals surface area (Å²) < 4.78 is 2.09. The molecule has 0 unspecified atom stereocenters. The van der Waals surface area contributed by atoms with Gasteiger partial charge in [0.25, 0.3) is 0 Å². The average Bonchev–Trinajstić information content (AvgIpc) is 2.99. The third kappa shape index (κ3) is 3.90. The molecule has 0 aliphatic rings. The Balaban J connectivity index is 2.03. The van der Waals surface area contributed by atoms with Gasteiger partial charge >= 0.3 is 6.03 Å². The molecular weight excluding hydrogens is 390 g/mol. The van der Waals surface area contributed by atoms with Gasteiger partial charge in [-0.25, -0.2) is 14.1 Å². The number of urea groups is 1. The molecule has 8 heteroatoms. The van der Waals surface area contributed by atoms with Crippen LogP contribution in [0.1, 0.15) is 20.8 Å². The van der Waals surface area contributed by atoms with Gasteiger partial charge in [-0.2, -0.15) is 0 Å². The number of rotatable bonds is 2. The van der Waals surface area contributed by atoms with Crippen LogP contribution in [0.3, 0.4) is 0 Å². The molecule has 5 nitrogen and oxygen atoms in total. The van der Waals surface area contributed by atoms with Crippen molar-refractivity contribution in [3.63, 3.8) is 0 Å². The minimum absolute atomic E-state index is 0.124. The number of benzene rings is 2. The summed E-state index contributed by atoms with van der Waals surface area (Å²) in [6.07, 6.45) is 0. The standard InChI is InChI=1S/C18H18ClN3O2S2/c1-18(2,3)21-17(24)22(25)13-9-10(8-11(19)15(13)23)16-20-12-6-4-5-7-14(12)26-16/h4-9,23,25H,1-3H3,(H,21,24). The van der Waals surface area contributed by atoms with Crippen LogP contribution in [0, 0.1) is 0 Å². The zero-order valence-electron chi connectivity index (χ0n) is 14.4. The molecule has 2 aromatic carbocycles. The predicted molar refractivity (Wildman–Crippen MR) is 111 cm³/mol. The van der Waals surface area contributed by atoms with Crippen LogP contribution in [0.15, 0.2) is 36.4 Å². The van der Waals surface area contributed by atoms with Gasteiger partial charge < -0.3 is 10.4 Å². The van der Waals surface area contributed by atoms with Crippen LogP contribution in [0.5, 0.6) is 5.75 Å². The van der Waals surface area contributed by atoms with Gasteiger partial charge in [0.05, 0.1) is 15.2 Å². The molecule has 0 aliphatic heterocycles. The van der Waals surface area contributed by atoms with Crippen molar-refractivity contribution in [2.45, 2.75) is 26.3 Å². The molecule has 2 N–H and O–H groups in total. The molecule has 0 saturated carbocycles. The highest BCUT2D eigenvalue weighted by Crippen LogP contribution is 2.41. The number of fused-ring (bicyclic) bond motifs is 1. The van der Waals surface area contributed by atoms with Crippen molar-refractivity contribution in [2.75, 3.05) is 4.31 Å². The smallest absolute Gasteiger partial charge is 0.332 e. The number of thiazole rings is 1. The van der Waals surface area contributed by atoms with E-state index in [1.165, 1.54) is 11.3 Å². The zero-order chi connectivity index (χ0) is 19.1. The molecule has 3 aromatic rings. The lowest BCUT2D eigenvalue weighted by Gasteiger charge is -2.25. The first-order chi connectivity index (χ1) is 12.2. The number of hydrogen-bond acceptors (Lipinski definition) is 5. The third-order valence-electron chi connectivity index (χ3n) is 3.49. The van der Waals surface area contributed by atoms with Crippen LogP contribution in [0.4, 0.5) is 10.5 Å². The van der Waals surface area contributed by atoms with Crippen molar-refractivity contribution in [1.29, 1.82) is 0 Å². The fraction of sp³-hybridized carbons (Fsp3) is 0.222. The number of aromatic nitrogens is 1. The normalized spacial score (nSPS) is 11.6. The average molecular weight is 408 g/mol. The highest BCUT2D eigenvalue weighted by molar-refractivity contribution is 7.82. The van der Waals surface area contributed by atoms with E-state index >= 15 is 0 Å². The maximum atomic E-state index is 12.4. The number of hydrogen-bond donors (Lipinski definition) is 3. The summed E-state index contributed by atoms with van der Waals surface area (Å²) in [7, 11) is 0. The van der Waals surface area contributed by atoms with E-state index in [2.05, 4.69) is 23.1 Å². The van der Waals surface area contributed by atoms with E-state index in [4.69, 9.17) is 11.6 Å². The van der Waals surface area contributed by atoms with Crippen LogP contribution in [0.25, 0.3) is 20.8 Å². The highest BCUT2D eigenvalue weighted by atomic mass is 35.5. The molecule has 3 rings (SSSR count). The van der Waals surface area contributed by atoms with Crippen molar-refractivity contribution in [3.05, 3.63) is 41.4 Å². The first kappa shape index (κ1) is 18.8. The number of amides is 2. The van der Waals surface area contributed by atoms with E-state index < -0.39 is 11.6 Å². The maximum absolute atomic E-state index is 12.4. The van der Waals surface area contributed by atoms with Crippen LogP contribution < -0.4 is 9.62 Å². The van der Waals surface area contributed by atoms with Gasteiger partial charge in [-0.15, -0.1) is 11.3 Å². The monoisotopic (exact) mass is 407 g/mol. The van der Waals surface area contributed by atoms with E-state index in [0.717, 1.165) is 19.5 Å². The van der Waals surface area contributed by atoms with Gasteiger partial charge in [-0.1, -0.05) is 36.5 Å².